The Kier molecular flexibility index (Phi) is 6.01. The van der Waals surface area contributed by atoms with Gasteiger partial charge in [-0.15, -0.1) is 0 Å². The molecule has 5 nitrogen and oxygen atoms in total. The lowest BCUT2D eigenvalue weighted by atomic mass is 10.1. The fourth-order valence-electron chi connectivity index (χ4n) is 2.62. The number of hydrogen-bond acceptors (Lipinski definition) is 3. The number of aliphatic carboxylic acids is 1. The van der Waals surface area contributed by atoms with Crippen LogP contribution in [0.3, 0.4) is 0 Å². The van der Waals surface area contributed by atoms with Crippen LogP contribution in [0.5, 0.6) is 0 Å². The Morgan fingerprint density at radius 3 is 2.61 bits per heavy atom. The Morgan fingerprint density at radius 2 is 1.93 bits per heavy atom. The molecule has 0 saturated carbocycles. The van der Waals surface area contributed by atoms with Crippen molar-refractivity contribution in [1.82, 2.24) is 9.78 Å². The first-order valence-corrected chi connectivity index (χ1v) is 8.83. The molecular formula is C21H16ClFN2O3. The number of allylic oxidation sites excluding steroid dienone is 1. The van der Waals surface area contributed by atoms with Crippen LogP contribution in [0.15, 0.2) is 60.8 Å². The predicted molar refractivity (Wildman–Crippen MR) is 105 cm³/mol. The Labute approximate surface area is 165 Å². The van der Waals surface area contributed by atoms with E-state index in [4.69, 9.17) is 16.7 Å². The number of halogens is 2. The van der Waals surface area contributed by atoms with Crippen LogP contribution in [0, 0.1) is 5.82 Å². The Bertz CT molecular complexity index is 1040. The van der Waals surface area contributed by atoms with Gasteiger partial charge in [-0.3, -0.25) is 14.3 Å². The second-order valence-corrected chi connectivity index (χ2v) is 6.49. The molecule has 1 heterocycles. The standard InChI is InChI=1S/C21H16ClFN2O3/c22-17-3-1-2-15(12-17)21-16(13-25(24-21)11-10-20(27)28)6-9-19(26)14-4-7-18(23)8-5-14/h1-9,12-13H,10-11H2,(H,27,28). The van der Waals surface area contributed by atoms with Gasteiger partial charge in [0, 0.05) is 27.9 Å². The minimum Gasteiger partial charge on any atom is -0.481 e. The van der Waals surface area contributed by atoms with Gasteiger partial charge < -0.3 is 5.11 Å². The third kappa shape index (κ3) is 4.92. The minimum absolute atomic E-state index is 0.0751. The molecule has 3 aromatic rings. The fourth-order valence-corrected chi connectivity index (χ4v) is 2.81. The van der Waals surface area contributed by atoms with Crippen molar-refractivity contribution in [1.29, 1.82) is 0 Å². The lowest BCUT2D eigenvalue weighted by Crippen LogP contribution is -2.04. The van der Waals surface area contributed by atoms with E-state index in [0.29, 0.717) is 21.8 Å². The minimum atomic E-state index is -0.927. The van der Waals surface area contributed by atoms with E-state index in [0.717, 1.165) is 5.56 Å². The Hall–Kier alpha value is -3.25. The predicted octanol–water partition coefficient (Wildman–Crippen LogP) is 4.71. The molecule has 3 rings (SSSR count). The van der Waals surface area contributed by atoms with Gasteiger partial charge in [0.05, 0.1) is 18.7 Å². The Morgan fingerprint density at radius 1 is 1.18 bits per heavy atom. The number of aromatic nitrogens is 2. The summed E-state index contributed by atoms with van der Waals surface area (Å²) < 4.78 is 14.5. The molecule has 0 bridgehead atoms. The summed E-state index contributed by atoms with van der Waals surface area (Å²) in [5, 5.41) is 13.9. The zero-order valence-corrected chi connectivity index (χ0v) is 15.4. The molecule has 0 amide bonds. The summed E-state index contributed by atoms with van der Waals surface area (Å²) in [6.45, 7) is 0.197. The van der Waals surface area contributed by atoms with Gasteiger partial charge in [-0.1, -0.05) is 23.7 Å². The number of ketones is 1. The average molecular weight is 399 g/mol. The number of benzene rings is 2. The van der Waals surface area contributed by atoms with Crippen molar-refractivity contribution in [2.45, 2.75) is 13.0 Å². The SMILES string of the molecule is O=C(O)CCn1cc(C=CC(=O)c2ccc(F)cc2)c(-c2cccc(Cl)c2)n1. The van der Waals surface area contributed by atoms with Gasteiger partial charge in [-0.05, 0) is 48.6 Å². The molecule has 0 aliphatic heterocycles. The quantitative estimate of drug-likeness (QED) is 0.462. The lowest BCUT2D eigenvalue weighted by Gasteiger charge is -2.00. The largest absolute Gasteiger partial charge is 0.481 e. The highest BCUT2D eigenvalue weighted by atomic mass is 35.5. The fraction of sp³-hybridized carbons (Fsp3) is 0.0952. The van der Waals surface area contributed by atoms with Crippen molar-refractivity contribution in [3.8, 4) is 11.3 Å². The summed E-state index contributed by atoms with van der Waals surface area (Å²) in [4.78, 5) is 23.1. The van der Waals surface area contributed by atoms with Crippen LogP contribution in [-0.4, -0.2) is 26.6 Å². The normalized spacial score (nSPS) is 11.1. The van der Waals surface area contributed by atoms with Crippen LogP contribution >= 0.6 is 11.6 Å². The van der Waals surface area contributed by atoms with Crippen LogP contribution in [0.25, 0.3) is 17.3 Å². The molecule has 0 atom stereocenters. The summed E-state index contributed by atoms with van der Waals surface area (Å²) >= 11 is 6.06. The molecule has 7 heteroatoms. The van der Waals surface area contributed by atoms with Crippen molar-refractivity contribution in [3.63, 3.8) is 0 Å². The second-order valence-electron chi connectivity index (χ2n) is 6.05. The highest BCUT2D eigenvalue weighted by Gasteiger charge is 2.11. The summed E-state index contributed by atoms with van der Waals surface area (Å²) in [6.07, 6.45) is 4.58. The van der Waals surface area contributed by atoms with Crippen molar-refractivity contribution in [3.05, 3.63) is 82.8 Å². The first kappa shape index (κ1) is 19.5. The van der Waals surface area contributed by atoms with Crippen LogP contribution in [0.1, 0.15) is 22.3 Å². The number of carbonyl (C=O) groups excluding carboxylic acids is 1. The molecule has 0 spiro atoms. The smallest absolute Gasteiger partial charge is 0.305 e. The lowest BCUT2D eigenvalue weighted by molar-refractivity contribution is -0.137. The highest BCUT2D eigenvalue weighted by molar-refractivity contribution is 6.30. The van der Waals surface area contributed by atoms with Gasteiger partial charge in [0.2, 0.25) is 0 Å². The van der Waals surface area contributed by atoms with E-state index in [1.165, 1.54) is 35.0 Å². The van der Waals surface area contributed by atoms with E-state index in [2.05, 4.69) is 5.10 Å². The number of carbonyl (C=O) groups is 2. The molecule has 0 saturated heterocycles. The molecule has 2 aromatic carbocycles. The van der Waals surface area contributed by atoms with Gasteiger partial charge in [0.25, 0.3) is 0 Å². The zero-order chi connectivity index (χ0) is 20.1. The van der Waals surface area contributed by atoms with E-state index < -0.39 is 11.8 Å². The summed E-state index contributed by atoms with van der Waals surface area (Å²) in [5.41, 5.74) is 2.33. The molecule has 28 heavy (non-hydrogen) atoms. The summed E-state index contributed by atoms with van der Waals surface area (Å²) in [7, 11) is 0. The van der Waals surface area contributed by atoms with Gasteiger partial charge in [0.15, 0.2) is 5.78 Å². The van der Waals surface area contributed by atoms with E-state index in [1.54, 1.807) is 30.5 Å². The van der Waals surface area contributed by atoms with Crippen molar-refractivity contribution >= 4 is 29.4 Å². The van der Waals surface area contributed by atoms with Gasteiger partial charge in [-0.25, -0.2) is 4.39 Å². The third-order valence-electron chi connectivity index (χ3n) is 3.99. The van der Waals surface area contributed by atoms with E-state index in [9.17, 15) is 14.0 Å². The number of rotatable bonds is 7. The van der Waals surface area contributed by atoms with Gasteiger partial charge in [-0.2, -0.15) is 5.10 Å². The number of hydrogen-bond donors (Lipinski definition) is 1. The molecule has 0 unspecified atom stereocenters. The zero-order valence-electron chi connectivity index (χ0n) is 14.7. The van der Waals surface area contributed by atoms with Gasteiger partial charge >= 0.3 is 5.97 Å². The molecule has 0 aliphatic rings. The van der Waals surface area contributed by atoms with Gasteiger partial charge in [0.1, 0.15) is 5.82 Å². The van der Waals surface area contributed by atoms with Crippen molar-refractivity contribution < 1.29 is 19.1 Å². The molecule has 1 N–H and O–H groups in total. The average Bonchev–Trinajstić information content (AvgIpc) is 3.08. The molecule has 0 aliphatic carbocycles. The first-order valence-electron chi connectivity index (χ1n) is 8.45. The number of carboxylic acid groups (broad SMARTS) is 1. The number of carboxylic acids is 1. The maximum atomic E-state index is 13.0. The van der Waals surface area contributed by atoms with Crippen LogP contribution < -0.4 is 0 Å². The van der Waals surface area contributed by atoms with Crippen LogP contribution in [0.4, 0.5) is 4.39 Å². The summed E-state index contributed by atoms with van der Waals surface area (Å²) in [6, 6.07) is 12.4. The third-order valence-corrected chi connectivity index (χ3v) is 4.22. The van der Waals surface area contributed by atoms with E-state index >= 15 is 0 Å². The van der Waals surface area contributed by atoms with E-state index in [-0.39, 0.29) is 18.7 Å². The number of nitrogens with zero attached hydrogens (tertiary/aromatic N) is 2. The topological polar surface area (TPSA) is 72.2 Å². The molecule has 142 valence electrons. The Balaban J connectivity index is 1.92. The summed E-state index contributed by atoms with van der Waals surface area (Å²) in [5.74, 6) is -1.62. The molecular weight excluding hydrogens is 383 g/mol. The maximum absolute atomic E-state index is 13.0. The van der Waals surface area contributed by atoms with Crippen molar-refractivity contribution in [2.75, 3.05) is 0 Å². The van der Waals surface area contributed by atoms with Crippen LogP contribution in [-0.2, 0) is 11.3 Å². The molecule has 0 fully saturated rings. The first-order chi connectivity index (χ1) is 13.4. The maximum Gasteiger partial charge on any atom is 0.305 e. The highest BCUT2D eigenvalue weighted by Crippen LogP contribution is 2.26. The van der Waals surface area contributed by atoms with E-state index in [1.807, 2.05) is 6.07 Å². The number of aryl methyl sites for hydroxylation is 1. The molecule has 0 radical (unpaired) electrons. The van der Waals surface area contributed by atoms with Crippen molar-refractivity contribution in [2.24, 2.45) is 0 Å². The molecule has 1 aromatic heterocycles. The van der Waals surface area contributed by atoms with Crippen LogP contribution in [0.2, 0.25) is 5.02 Å². The monoisotopic (exact) mass is 398 g/mol. The second kappa shape index (κ2) is 8.63.